The molecule has 1 aromatic rings. The maximum absolute atomic E-state index is 13.7. The standard InChI is InChI=1S/C10H11BrFNO2/c11-6-1-2-7(14)10(12)9(6)8-5-13-3-4-15-8/h1-2,8,13-14H,3-5H2. The first kappa shape index (κ1) is 10.9. The van der Waals surface area contributed by atoms with Gasteiger partial charge in [-0.05, 0) is 12.1 Å². The van der Waals surface area contributed by atoms with Crippen LogP contribution in [0.3, 0.4) is 0 Å². The van der Waals surface area contributed by atoms with Gasteiger partial charge in [-0.1, -0.05) is 15.9 Å². The van der Waals surface area contributed by atoms with Crippen molar-refractivity contribution in [1.82, 2.24) is 5.32 Å². The van der Waals surface area contributed by atoms with Crippen LogP contribution in [0.25, 0.3) is 0 Å². The van der Waals surface area contributed by atoms with Gasteiger partial charge < -0.3 is 15.2 Å². The molecule has 0 spiro atoms. The fraction of sp³-hybridized carbons (Fsp3) is 0.400. The molecule has 1 atom stereocenters. The molecule has 1 aromatic carbocycles. The molecular weight excluding hydrogens is 265 g/mol. The summed E-state index contributed by atoms with van der Waals surface area (Å²) in [6.07, 6.45) is -0.347. The smallest absolute Gasteiger partial charge is 0.171 e. The molecule has 1 unspecified atom stereocenters. The van der Waals surface area contributed by atoms with Crippen LogP contribution in [0.1, 0.15) is 11.7 Å². The summed E-state index contributed by atoms with van der Waals surface area (Å²) in [5, 5.41) is 12.4. The second-order valence-electron chi connectivity index (χ2n) is 3.36. The molecular formula is C10H11BrFNO2. The minimum Gasteiger partial charge on any atom is -0.505 e. The second kappa shape index (κ2) is 4.47. The van der Waals surface area contributed by atoms with Gasteiger partial charge in [0.15, 0.2) is 11.6 Å². The highest BCUT2D eigenvalue weighted by Gasteiger charge is 2.23. The zero-order valence-electron chi connectivity index (χ0n) is 7.96. The van der Waals surface area contributed by atoms with Crippen LogP contribution in [0.4, 0.5) is 4.39 Å². The van der Waals surface area contributed by atoms with E-state index in [1.807, 2.05) is 0 Å². The van der Waals surface area contributed by atoms with Gasteiger partial charge in [0.1, 0.15) is 0 Å². The van der Waals surface area contributed by atoms with Crippen molar-refractivity contribution in [2.24, 2.45) is 0 Å². The molecule has 82 valence electrons. The monoisotopic (exact) mass is 275 g/mol. The molecule has 2 N–H and O–H groups in total. The van der Waals surface area contributed by atoms with Crippen molar-refractivity contribution in [3.05, 3.63) is 28.0 Å². The number of nitrogens with one attached hydrogen (secondary N) is 1. The van der Waals surface area contributed by atoms with Crippen molar-refractivity contribution >= 4 is 15.9 Å². The quantitative estimate of drug-likeness (QED) is 0.823. The van der Waals surface area contributed by atoms with E-state index in [4.69, 9.17) is 4.74 Å². The third-order valence-electron chi connectivity index (χ3n) is 2.36. The van der Waals surface area contributed by atoms with Gasteiger partial charge in [-0.2, -0.15) is 0 Å². The average molecular weight is 276 g/mol. The normalized spacial score (nSPS) is 21.6. The summed E-state index contributed by atoms with van der Waals surface area (Å²) in [5.74, 6) is -0.958. The van der Waals surface area contributed by atoms with E-state index in [-0.39, 0.29) is 11.9 Å². The van der Waals surface area contributed by atoms with E-state index in [9.17, 15) is 9.50 Å². The highest BCUT2D eigenvalue weighted by atomic mass is 79.9. The maximum Gasteiger partial charge on any atom is 0.171 e. The van der Waals surface area contributed by atoms with E-state index in [0.29, 0.717) is 23.2 Å². The van der Waals surface area contributed by atoms with Gasteiger partial charge in [0.2, 0.25) is 0 Å². The van der Waals surface area contributed by atoms with Gasteiger partial charge in [0.25, 0.3) is 0 Å². The number of phenols is 1. The van der Waals surface area contributed by atoms with E-state index >= 15 is 0 Å². The Hall–Kier alpha value is -0.650. The van der Waals surface area contributed by atoms with Gasteiger partial charge >= 0.3 is 0 Å². The summed E-state index contributed by atoms with van der Waals surface area (Å²) in [4.78, 5) is 0. The van der Waals surface area contributed by atoms with Crippen LogP contribution >= 0.6 is 15.9 Å². The van der Waals surface area contributed by atoms with Crippen molar-refractivity contribution in [2.45, 2.75) is 6.10 Å². The molecule has 1 heterocycles. The Morgan fingerprint density at radius 3 is 3.00 bits per heavy atom. The van der Waals surface area contributed by atoms with Crippen molar-refractivity contribution in [1.29, 1.82) is 0 Å². The van der Waals surface area contributed by atoms with E-state index in [1.165, 1.54) is 6.07 Å². The first-order chi connectivity index (χ1) is 7.20. The molecule has 0 saturated carbocycles. The lowest BCUT2D eigenvalue weighted by Gasteiger charge is -2.25. The number of halogens is 2. The highest BCUT2D eigenvalue weighted by molar-refractivity contribution is 9.10. The molecule has 0 aromatic heterocycles. The lowest BCUT2D eigenvalue weighted by atomic mass is 10.1. The number of phenolic OH excluding ortho intramolecular Hbond substituents is 1. The number of hydrogen-bond acceptors (Lipinski definition) is 3. The Morgan fingerprint density at radius 1 is 1.53 bits per heavy atom. The van der Waals surface area contributed by atoms with Gasteiger partial charge in [-0.3, -0.25) is 0 Å². The predicted octanol–water partition coefficient (Wildman–Crippen LogP) is 1.95. The van der Waals surface area contributed by atoms with E-state index in [1.54, 1.807) is 6.07 Å². The van der Waals surface area contributed by atoms with E-state index < -0.39 is 5.82 Å². The first-order valence-electron chi connectivity index (χ1n) is 4.69. The molecule has 3 nitrogen and oxygen atoms in total. The molecule has 0 amide bonds. The third-order valence-corrected chi connectivity index (χ3v) is 3.05. The molecule has 1 aliphatic heterocycles. The number of aromatic hydroxyl groups is 1. The topological polar surface area (TPSA) is 41.5 Å². The van der Waals surface area contributed by atoms with Crippen LogP contribution in [0, 0.1) is 5.82 Å². The summed E-state index contributed by atoms with van der Waals surface area (Å²) in [7, 11) is 0. The Morgan fingerprint density at radius 2 is 2.33 bits per heavy atom. The van der Waals surface area contributed by atoms with Gasteiger partial charge in [-0.25, -0.2) is 4.39 Å². The molecule has 0 aliphatic carbocycles. The fourth-order valence-corrected chi connectivity index (χ4v) is 2.17. The zero-order chi connectivity index (χ0) is 10.8. The molecule has 5 heteroatoms. The SMILES string of the molecule is Oc1ccc(Br)c(C2CNCCO2)c1F. The summed E-state index contributed by atoms with van der Waals surface area (Å²) < 4.78 is 19.7. The molecule has 1 fully saturated rings. The Kier molecular flexibility index (Phi) is 3.23. The van der Waals surface area contributed by atoms with Crippen molar-refractivity contribution in [2.75, 3.05) is 19.7 Å². The van der Waals surface area contributed by atoms with Crippen molar-refractivity contribution in [3.8, 4) is 5.75 Å². The Labute approximate surface area is 95.4 Å². The number of ether oxygens (including phenoxy) is 1. The zero-order valence-corrected chi connectivity index (χ0v) is 9.55. The number of rotatable bonds is 1. The van der Waals surface area contributed by atoms with Crippen molar-refractivity contribution in [3.63, 3.8) is 0 Å². The molecule has 1 saturated heterocycles. The van der Waals surface area contributed by atoms with Gasteiger partial charge in [0, 0.05) is 23.1 Å². The minimum absolute atomic E-state index is 0.345. The van der Waals surface area contributed by atoms with Gasteiger partial charge in [0.05, 0.1) is 12.7 Å². The summed E-state index contributed by atoms with van der Waals surface area (Å²) >= 11 is 3.26. The van der Waals surface area contributed by atoms with Crippen molar-refractivity contribution < 1.29 is 14.2 Å². The lowest BCUT2D eigenvalue weighted by Crippen LogP contribution is -2.33. The van der Waals surface area contributed by atoms with E-state index in [2.05, 4.69) is 21.2 Å². The van der Waals surface area contributed by atoms with Crippen LogP contribution in [0.5, 0.6) is 5.75 Å². The van der Waals surface area contributed by atoms with Crippen LogP contribution in [-0.4, -0.2) is 24.8 Å². The van der Waals surface area contributed by atoms with Crippen LogP contribution in [-0.2, 0) is 4.74 Å². The van der Waals surface area contributed by atoms with E-state index in [0.717, 1.165) is 6.54 Å². The Balaban J connectivity index is 2.36. The predicted molar refractivity (Wildman–Crippen MR) is 57.3 cm³/mol. The fourth-order valence-electron chi connectivity index (χ4n) is 1.60. The molecule has 15 heavy (non-hydrogen) atoms. The molecule has 1 aliphatic rings. The largest absolute Gasteiger partial charge is 0.505 e. The van der Waals surface area contributed by atoms with Crippen LogP contribution < -0.4 is 5.32 Å². The number of morpholine rings is 1. The van der Waals surface area contributed by atoms with Crippen LogP contribution in [0.15, 0.2) is 16.6 Å². The van der Waals surface area contributed by atoms with Crippen LogP contribution in [0.2, 0.25) is 0 Å². The highest BCUT2D eigenvalue weighted by Crippen LogP contribution is 2.33. The summed E-state index contributed by atoms with van der Waals surface area (Å²) in [6.45, 7) is 1.87. The van der Waals surface area contributed by atoms with Gasteiger partial charge in [-0.15, -0.1) is 0 Å². The maximum atomic E-state index is 13.7. The molecule has 2 rings (SSSR count). The lowest BCUT2D eigenvalue weighted by molar-refractivity contribution is 0.0248. The molecule has 0 bridgehead atoms. The second-order valence-corrected chi connectivity index (χ2v) is 4.21. The number of benzene rings is 1. The number of hydrogen-bond donors (Lipinski definition) is 2. The Bertz CT molecular complexity index is 367. The molecule has 0 radical (unpaired) electrons. The minimum atomic E-state index is -0.613. The first-order valence-corrected chi connectivity index (χ1v) is 5.48. The summed E-state index contributed by atoms with van der Waals surface area (Å²) in [6, 6.07) is 2.94. The average Bonchev–Trinajstić information content (AvgIpc) is 2.26. The summed E-state index contributed by atoms with van der Waals surface area (Å²) in [5.41, 5.74) is 0.377. The third kappa shape index (κ3) is 2.14.